The topological polar surface area (TPSA) is 121 Å². The van der Waals surface area contributed by atoms with Gasteiger partial charge in [0.15, 0.2) is 0 Å². The first-order chi connectivity index (χ1) is 15.0. The smallest absolute Gasteiger partial charge is 0.303 e. The van der Waals surface area contributed by atoms with E-state index < -0.39 is 18.2 Å². The Morgan fingerprint density at radius 1 is 1.06 bits per heavy atom. The van der Waals surface area contributed by atoms with E-state index in [1.807, 2.05) is 0 Å². The van der Waals surface area contributed by atoms with Crippen LogP contribution in [0.3, 0.4) is 0 Å². The number of aliphatic carboxylic acids is 1. The van der Waals surface area contributed by atoms with Crippen LogP contribution in [0.4, 0.5) is 0 Å². The molecular weight excluding hydrogens is 406 g/mol. The minimum atomic E-state index is -0.725. The Balaban J connectivity index is 1.63. The lowest BCUT2D eigenvalue weighted by Gasteiger charge is -2.64. The van der Waals surface area contributed by atoms with Crippen LogP contribution >= 0.6 is 0 Å². The quantitative estimate of drug-likeness (QED) is 0.494. The fourth-order valence-electron chi connectivity index (χ4n) is 9.45. The van der Waals surface area contributed by atoms with Gasteiger partial charge in [0, 0.05) is 12.3 Å². The van der Waals surface area contributed by atoms with Crippen LogP contribution in [0.15, 0.2) is 0 Å². The SMILES string of the molecule is C[C@H](CCC(=O)O)[C@H]1CC[C@H]2[C@@H]3[C@H](O)CC4C[C@H](O)CC(C(=O)CN)[C@]4(C)[C@H]3CC[C@]12C. The van der Waals surface area contributed by atoms with E-state index in [4.69, 9.17) is 10.8 Å². The summed E-state index contributed by atoms with van der Waals surface area (Å²) in [5.41, 5.74) is 5.71. The van der Waals surface area contributed by atoms with Gasteiger partial charge in [0.05, 0.1) is 18.8 Å². The number of rotatable bonds is 6. The molecule has 6 heteroatoms. The van der Waals surface area contributed by atoms with Crippen molar-refractivity contribution in [1.29, 1.82) is 0 Å². The second-order valence-electron chi connectivity index (χ2n) is 12.1. The molecule has 0 aliphatic heterocycles. The van der Waals surface area contributed by atoms with Gasteiger partial charge in [-0.2, -0.15) is 0 Å². The summed E-state index contributed by atoms with van der Waals surface area (Å²) >= 11 is 0. The number of hydrogen-bond donors (Lipinski definition) is 4. The molecule has 0 bridgehead atoms. The molecule has 0 aromatic heterocycles. The first-order valence-electron chi connectivity index (χ1n) is 12.8. The summed E-state index contributed by atoms with van der Waals surface area (Å²) in [7, 11) is 0. The van der Waals surface area contributed by atoms with Gasteiger partial charge in [-0.15, -0.1) is 0 Å². The maximum Gasteiger partial charge on any atom is 0.303 e. The summed E-state index contributed by atoms with van der Waals surface area (Å²) in [6.45, 7) is 6.87. The standard InChI is InChI=1S/C26H43NO5/c1-14(4-7-23(31)32)17-5-6-18-24-19(8-9-25(17,18)2)26(3)15(11-21(24)29)10-16(28)12-20(26)22(30)13-27/h14-21,24,28-29H,4-13,27H2,1-3H3,(H,31,32)/t14-,15?,16+,17-,18+,19+,20?,21-,24+,25-,26+/m1/s1. The highest BCUT2D eigenvalue weighted by Crippen LogP contribution is 2.69. The highest BCUT2D eigenvalue weighted by Gasteiger charge is 2.65. The molecule has 4 aliphatic carbocycles. The zero-order valence-corrected chi connectivity index (χ0v) is 20.0. The van der Waals surface area contributed by atoms with Crippen LogP contribution in [0.5, 0.6) is 0 Å². The van der Waals surface area contributed by atoms with Gasteiger partial charge in [0.2, 0.25) is 0 Å². The van der Waals surface area contributed by atoms with Crippen LogP contribution in [-0.2, 0) is 9.59 Å². The molecule has 0 saturated heterocycles. The van der Waals surface area contributed by atoms with E-state index in [1.165, 1.54) is 0 Å². The number of ketones is 1. The average molecular weight is 450 g/mol. The zero-order chi connectivity index (χ0) is 23.4. The monoisotopic (exact) mass is 449 g/mol. The van der Waals surface area contributed by atoms with Crippen LogP contribution in [0, 0.1) is 52.3 Å². The maximum absolute atomic E-state index is 12.9. The minimum absolute atomic E-state index is 0.0178. The van der Waals surface area contributed by atoms with Crippen molar-refractivity contribution in [3.63, 3.8) is 0 Å². The largest absolute Gasteiger partial charge is 0.481 e. The molecule has 0 heterocycles. The fraction of sp³-hybridized carbons (Fsp3) is 0.923. The van der Waals surface area contributed by atoms with Crippen molar-refractivity contribution in [2.45, 2.75) is 90.8 Å². The number of nitrogens with two attached hydrogens (primary N) is 1. The molecule has 4 aliphatic rings. The van der Waals surface area contributed by atoms with Gasteiger partial charge < -0.3 is 21.1 Å². The Hall–Kier alpha value is -0.980. The molecule has 4 fully saturated rings. The lowest BCUT2D eigenvalue weighted by Crippen LogP contribution is -2.62. The second kappa shape index (κ2) is 8.66. The van der Waals surface area contributed by atoms with Crippen LogP contribution in [0.1, 0.15) is 78.6 Å². The van der Waals surface area contributed by atoms with Gasteiger partial charge in [0.1, 0.15) is 5.78 Å². The van der Waals surface area contributed by atoms with Crippen molar-refractivity contribution in [2.75, 3.05) is 6.54 Å². The predicted molar refractivity (Wildman–Crippen MR) is 122 cm³/mol. The van der Waals surface area contributed by atoms with Crippen molar-refractivity contribution in [1.82, 2.24) is 0 Å². The summed E-state index contributed by atoms with van der Waals surface area (Å²) in [6, 6.07) is 0. The highest BCUT2D eigenvalue weighted by atomic mass is 16.4. The number of Topliss-reactive ketones (excluding diaryl/α,β-unsaturated/α-hetero) is 1. The molecule has 0 aromatic rings. The Bertz CT molecular complexity index is 742. The van der Waals surface area contributed by atoms with E-state index in [2.05, 4.69) is 20.8 Å². The van der Waals surface area contributed by atoms with Gasteiger partial charge in [-0.3, -0.25) is 9.59 Å². The lowest BCUT2D eigenvalue weighted by molar-refractivity contribution is -0.196. The number of aliphatic hydroxyl groups is 2. The number of carboxylic acids is 1. The van der Waals surface area contributed by atoms with Gasteiger partial charge in [0.25, 0.3) is 0 Å². The summed E-state index contributed by atoms with van der Waals surface area (Å²) in [5.74, 6) is 0.968. The van der Waals surface area contributed by atoms with E-state index in [0.29, 0.717) is 43.4 Å². The van der Waals surface area contributed by atoms with E-state index in [9.17, 15) is 19.8 Å². The molecule has 11 atom stereocenters. The molecule has 182 valence electrons. The highest BCUT2D eigenvalue weighted by molar-refractivity contribution is 5.83. The van der Waals surface area contributed by atoms with Gasteiger partial charge in [-0.1, -0.05) is 20.8 Å². The number of aliphatic hydroxyl groups excluding tert-OH is 2. The number of carbonyl (C=O) groups is 2. The molecule has 4 rings (SSSR count). The molecule has 0 aromatic carbocycles. The molecule has 0 radical (unpaired) electrons. The third kappa shape index (κ3) is 3.65. The van der Waals surface area contributed by atoms with Crippen LogP contribution in [0.2, 0.25) is 0 Å². The number of hydrogen-bond acceptors (Lipinski definition) is 5. The summed E-state index contributed by atoms with van der Waals surface area (Å²) in [6.07, 6.45) is 6.12. The van der Waals surface area contributed by atoms with Crippen LogP contribution in [-0.4, -0.2) is 45.8 Å². The molecule has 4 saturated carbocycles. The Morgan fingerprint density at radius 3 is 2.44 bits per heavy atom. The summed E-state index contributed by atoms with van der Waals surface area (Å²) < 4.78 is 0. The van der Waals surface area contributed by atoms with E-state index in [-0.39, 0.29) is 53.3 Å². The number of carbonyl (C=O) groups excluding carboxylic acids is 1. The Kier molecular flexibility index (Phi) is 6.54. The molecule has 5 N–H and O–H groups in total. The predicted octanol–water partition coefficient (Wildman–Crippen LogP) is 3.23. The fourth-order valence-corrected chi connectivity index (χ4v) is 9.45. The number of fused-ring (bicyclic) bond motifs is 5. The average Bonchev–Trinajstić information content (AvgIpc) is 3.09. The third-order valence-electron chi connectivity index (χ3n) is 11.0. The lowest BCUT2D eigenvalue weighted by atomic mass is 9.41. The number of carboxylic acid groups (broad SMARTS) is 1. The van der Waals surface area contributed by atoms with Crippen molar-refractivity contribution in [3.05, 3.63) is 0 Å². The van der Waals surface area contributed by atoms with E-state index >= 15 is 0 Å². The summed E-state index contributed by atoms with van der Waals surface area (Å²) in [4.78, 5) is 24.1. The third-order valence-corrected chi connectivity index (χ3v) is 11.0. The van der Waals surface area contributed by atoms with E-state index in [1.54, 1.807) is 0 Å². The molecule has 2 unspecified atom stereocenters. The van der Waals surface area contributed by atoms with Crippen molar-refractivity contribution >= 4 is 11.8 Å². The Labute approximate surface area is 192 Å². The molecule has 0 amide bonds. The summed E-state index contributed by atoms with van der Waals surface area (Å²) in [5, 5.41) is 31.1. The van der Waals surface area contributed by atoms with E-state index in [0.717, 1.165) is 25.7 Å². The van der Waals surface area contributed by atoms with Gasteiger partial charge in [-0.05, 0) is 97.7 Å². The van der Waals surface area contributed by atoms with Crippen molar-refractivity contribution < 1.29 is 24.9 Å². The first-order valence-corrected chi connectivity index (χ1v) is 12.8. The molecular formula is C26H43NO5. The molecule has 0 spiro atoms. The first kappa shape index (κ1) is 24.2. The van der Waals surface area contributed by atoms with Crippen LogP contribution in [0.25, 0.3) is 0 Å². The molecule has 32 heavy (non-hydrogen) atoms. The Morgan fingerprint density at radius 2 is 1.78 bits per heavy atom. The molecule has 6 nitrogen and oxygen atoms in total. The van der Waals surface area contributed by atoms with Crippen molar-refractivity contribution in [2.24, 2.45) is 58.0 Å². The van der Waals surface area contributed by atoms with Gasteiger partial charge in [-0.25, -0.2) is 0 Å². The normalized spacial score (nSPS) is 48.9. The minimum Gasteiger partial charge on any atom is -0.481 e. The van der Waals surface area contributed by atoms with Crippen molar-refractivity contribution in [3.8, 4) is 0 Å². The van der Waals surface area contributed by atoms with Crippen LogP contribution < -0.4 is 5.73 Å². The maximum atomic E-state index is 12.9. The zero-order valence-electron chi connectivity index (χ0n) is 20.0. The second-order valence-corrected chi connectivity index (χ2v) is 12.1. The van der Waals surface area contributed by atoms with Gasteiger partial charge >= 0.3 is 5.97 Å².